The number of hydrogen-bond acceptors (Lipinski definition) is 2. The SMILES string of the molecule is CCN(CC)C(C)C[N-]CC(C)N(CC)CC.CC[CH2][In+][CH2]CC. The Labute approximate surface area is 165 Å². The average Bonchev–Trinajstić information content (AvgIpc) is 2.58. The first-order chi connectivity index (χ1) is 11.5. The molecule has 4 heteroatoms. The zero-order chi connectivity index (χ0) is 18.8. The number of nitrogens with zero attached hydrogens (tertiary/aromatic N) is 3. The van der Waals surface area contributed by atoms with E-state index in [1.807, 2.05) is 0 Å². The standard InChI is InChI=1S/C14H32N3.2C3H7.In/c1-7-16(8-2)13(5)11-15-12-14(6)17(9-3)10-4;2*1-3-2;/h13-14H,7-12H2,1-6H3;2*1,3H2,2H3;/q-1;;;+1. The van der Waals surface area contributed by atoms with Crippen LogP contribution in [-0.4, -0.2) is 84.1 Å². The van der Waals surface area contributed by atoms with E-state index in [0.717, 1.165) is 39.3 Å². The molecule has 0 spiro atoms. The number of likely N-dealkylation sites (N-methyl/N-ethyl adjacent to an activating group) is 2. The third-order valence-corrected chi connectivity index (χ3v) is 10.3. The van der Waals surface area contributed by atoms with E-state index in [2.05, 4.69) is 65.2 Å². The maximum atomic E-state index is 4.72. The molecule has 0 N–H and O–H groups in total. The Morgan fingerprint density at radius 2 is 1.00 bits per heavy atom. The molecule has 0 aliphatic rings. The van der Waals surface area contributed by atoms with Crippen LogP contribution in [0, 0.1) is 0 Å². The molecule has 0 bridgehead atoms. The van der Waals surface area contributed by atoms with Gasteiger partial charge in [0.1, 0.15) is 0 Å². The number of hydrogen-bond donors (Lipinski definition) is 0. The van der Waals surface area contributed by atoms with E-state index in [1.165, 1.54) is 12.8 Å². The Balaban J connectivity index is 0. The van der Waals surface area contributed by atoms with Crippen molar-refractivity contribution in [2.24, 2.45) is 0 Å². The molecule has 0 rings (SSSR count). The molecule has 0 radical (unpaired) electrons. The van der Waals surface area contributed by atoms with Crippen molar-refractivity contribution < 1.29 is 0 Å². The minimum absolute atomic E-state index is 0.0336. The van der Waals surface area contributed by atoms with Crippen molar-refractivity contribution in [2.45, 2.75) is 88.7 Å². The summed E-state index contributed by atoms with van der Waals surface area (Å²) in [5.74, 6) is 0. The third kappa shape index (κ3) is 15.0. The molecule has 0 aliphatic heterocycles. The van der Waals surface area contributed by atoms with Crippen molar-refractivity contribution in [3.63, 3.8) is 0 Å². The summed E-state index contributed by atoms with van der Waals surface area (Å²) < 4.78 is 3.23. The second-order valence-corrected chi connectivity index (χ2v) is 11.5. The summed E-state index contributed by atoms with van der Waals surface area (Å²) in [6, 6.07) is 1.16. The van der Waals surface area contributed by atoms with Gasteiger partial charge in [-0.15, -0.1) is 13.1 Å². The van der Waals surface area contributed by atoms with Gasteiger partial charge in [0, 0.05) is 0 Å². The van der Waals surface area contributed by atoms with Crippen molar-refractivity contribution in [2.75, 3.05) is 39.3 Å². The van der Waals surface area contributed by atoms with E-state index in [4.69, 9.17) is 5.32 Å². The van der Waals surface area contributed by atoms with Crippen LogP contribution in [0.3, 0.4) is 0 Å². The quantitative estimate of drug-likeness (QED) is 0.346. The molecule has 2 unspecified atom stereocenters. The van der Waals surface area contributed by atoms with Crippen molar-refractivity contribution in [3.05, 3.63) is 5.32 Å². The summed E-state index contributed by atoms with van der Waals surface area (Å²) in [6.45, 7) is 24.4. The van der Waals surface area contributed by atoms with Gasteiger partial charge in [-0.2, -0.15) is 0 Å². The summed E-state index contributed by atoms with van der Waals surface area (Å²) in [6.07, 6.45) is 2.89. The molecule has 24 heavy (non-hydrogen) atoms. The van der Waals surface area contributed by atoms with Gasteiger partial charge >= 0.3 is 58.0 Å². The van der Waals surface area contributed by atoms with Crippen LogP contribution in [0.1, 0.15) is 68.2 Å². The van der Waals surface area contributed by atoms with Crippen LogP contribution in [-0.2, 0) is 0 Å². The summed E-state index contributed by atoms with van der Waals surface area (Å²) in [7, 11) is 0. The van der Waals surface area contributed by atoms with Crippen molar-refractivity contribution in [3.8, 4) is 0 Å². The Morgan fingerprint density at radius 1 is 0.667 bits per heavy atom. The predicted molar refractivity (Wildman–Crippen MR) is 114 cm³/mol. The Bertz CT molecular complexity index is 209. The van der Waals surface area contributed by atoms with Crippen LogP contribution in [0.4, 0.5) is 0 Å². The van der Waals surface area contributed by atoms with Gasteiger partial charge in [0.25, 0.3) is 0 Å². The molecule has 0 aromatic heterocycles. The van der Waals surface area contributed by atoms with Crippen molar-refractivity contribution in [1.29, 1.82) is 0 Å². The van der Waals surface area contributed by atoms with Crippen LogP contribution < -0.4 is 0 Å². The second-order valence-electron chi connectivity index (χ2n) is 6.60. The molecule has 0 saturated carbocycles. The third-order valence-electron chi connectivity index (χ3n) is 4.64. The second kappa shape index (κ2) is 20.1. The van der Waals surface area contributed by atoms with E-state index in [9.17, 15) is 0 Å². The molecule has 0 saturated heterocycles. The fourth-order valence-electron chi connectivity index (χ4n) is 2.93. The van der Waals surface area contributed by atoms with E-state index in [-0.39, 0.29) is 22.9 Å². The minimum atomic E-state index is 0.0336. The summed E-state index contributed by atoms with van der Waals surface area (Å²) >= 11 is 0.0336. The van der Waals surface area contributed by atoms with Gasteiger partial charge in [-0.3, -0.25) is 0 Å². The molecule has 0 aromatic carbocycles. The van der Waals surface area contributed by atoms with Crippen molar-refractivity contribution >= 4 is 22.9 Å². The van der Waals surface area contributed by atoms with Crippen LogP contribution in [0.2, 0.25) is 8.35 Å². The van der Waals surface area contributed by atoms with Gasteiger partial charge in [-0.05, 0) is 38.3 Å². The van der Waals surface area contributed by atoms with Gasteiger partial charge in [-0.25, -0.2) is 0 Å². The molecular formula is C20H46InN3. The van der Waals surface area contributed by atoms with Crippen molar-refractivity contribution in [1.82, 2.24) is 9.80 Å². The van der Waals surface area contributed by atoms with E-state index in [0.29, 0.717) is 12.1 Å². The van der Waals surface area contributed by atoms with Gasteiger partial charge in [-0.1, -0.05) is 41.5 Å². The molecule has 0 amide bonds. The van der Waals surface area contributed by atoms with Crippen LogP contribution in [0.25, 0.3) is 5.32 Å². The average molecular weight is 443 g/mol. The topological polar surface area (TPSA) is 20.6 Å². The normalized spacial score (nSPS) is 13.4. The van der Waals surface area contributed by atoms with E-state index in [1.54, 1.807) is 8.35 Å². The summed E-state index contributed by atoms with van der Waals surface area (Å²) in [5, 5.41) is 4.72. The fraction of sp³-hybridized carbons (Fsp3) is 1.00. The summed E-state index contributed by atoms with van der Waals surface area (Å²) in [4.78, 5) is 4.93. The van der Waals surface area contributed by atoms with Gasteiger partial charge < -0.3 is 15.1 Å². The first-order valence-electron chi connectivity index (χ1n) is 10.4. The predicted octanol–water partition coefficient (Wildman–Crippen LogP) is 5.17. The fourth-order valence-corrected chi connectivity index (χ4v) is 6.08. The van der Waals surface area contributed by atoms with Crippen LogP contribution in [0.5, 0.6) is 0 Å². The molecule has 0 aliphatic carbocycles. The van der Waals surface area contributed by atoms with Crippen LogP contribution >= 0.6 is 0 Å². The molecule has 0 heterocycles. The Hall–Kier alpha value is 0.750. The maximum absolute atomic E-state index is 4.72. The molecule has 144 valence electrons. The zero-order valence-corrected chi connectivity index (χ0v) is 21.4. The first kappa shape index (κ1) is 27.0. The first-order valence-corrected chi connectivity index (χ1v) is 15.1. The molecular weight excluding hydrogens is 397 g/mol. The van der Waals surface area contributed by atoms with E-state index < -0.39 is 0 Å². The van der Waals surface area contributed by atoms with Crippen LogP contribution in [0.15, 0.2) is 0 Å². The van der Waals surface area contributed by atoms with Gasteiger partial charge in [0.15, 0.2) is 0 Å². The zero-order valence-electron chi connectivity index (χ0n) is 18.1. The number of rotatable bonds is 14. The van der Waals surface area contributed by atoms with E-state index >= 15 is 0 Å². The monoisotopic (exact) mass is 443 g/mol. The van der Waals surface area contributed by atoms with Gasteiger partial charge in [0.2, 0.25) is 0 Å². The Kier molecular flexibility index (Phi) is 22.6. The molecule has 0 aromatic rings. The Morgan fingerprint density at radius 3 is 1.25 bits per heavy atom. The van der Waals surface area contributed by atoms with Gasteiger partial charge in [0.05, 0.1) is 0 Å². The molecule has 0 fully saturated rings. The summed E-state index contributed by atoms with van der Waals surface area (Å²) in [5.41, 5.74) is 0. The molecule has 3 nitrogen and oxygen atoms in total. The molecule has 2 atom stereocenters.